The van der Waals surface area contributed by atoms with Gasteiger partial charge in [0.15, 0.2) is 6.10 Å². The zero-order valence-electron chi connectivity index (χ0n) is 10.9. The van der Waals surface area contributed by atoms with Gasteiger partial charge in [-0.1, -0.05) is 48.2 Å². The lowest BCUT2D eigenvalue weighted by atomic mass is 10.1. The van der Waals surface area contributed by atoms with Crippen molar-refractivity contribution >= 4 is 23.4 Å². The van der Waals surface area contributed by atoms with E-state index >= 15 is 0 Å². The average molecular weight is 309 g/mol. The van der Waals surface area contributed by atoms with E-state index in [9.17, 15) is 18.7 Å². The largest absolute Gasteiger partial charge is 0.378 e. The summed E-state index contributed by atoms with van der Waals surface area (Å²) in [4.78, 5) is 12.3. The molecule has 0 saturated carbocycles. The number of alkyl halides is 2. The Morgan fingerprint density at radius 1 is 1.10 bits per heavy atom. The second kappa shape index (κ2) is 7.19. The molecular weight excluding hydrogens is 296 g/mol. The van der Waals surface area contributed by atoms with E-state index in [1.807, 2.05) is 0 Å². The molecule has 0 aliphatic heterocycles. The van der Waals surface area contributed by atoms with E-state index in [0.29, 0.717) is 27.9 Å². The molecule has 0 fully saturated rings. The minimum atomic E-state index is -2.52. The number of rotatable bonds is 5. The van der Waals surface area contributed by atoms with Crippen LogP contribution in [-0.4, -0.2) is 16.8 Å². The number of anilines is 1. The maximum atomic E-state index is 12.3. The van der Waals surface area contributed by atoms with Gasteiger partial charge in [0, 0.05) is 10.6 Å². The van der Waals surface area contributed by atoms with Crippen LogP contribution in [0.5, 0.6) is 0 Å². The normalized spacial score (nSPS) is 12.2. The highest BCUT2D eigenvalue weighted by Gasteiger charge is 2.17. The van der Waals surface area contributed by atoms with Crippen LogP contribution in [0.4, 0.5) is 14.5 Å². The third-order valence-electron chi connectivity index (χ3n) is 2.69. The molecule has 0 aromatic heterocycles. The van der Waals surface area contributed by atoms with Gasteiger partial charge in [0.05, 0.1) is 0 Å². The first-order valence-electron chi connectivity index (χ1n) is 6.15. The molecule has 110 valence electrons. The number of aliphatic hydroxyl groups excluding tert-OH is 1. The fraction of sp³-hybridized carbons (Fsp3) is 0.133. The molecule has 2 aromatic carbocycles. The lowest BCUT2D eigenvalue weighted by Gasteiger charge is -2.12. The molecule has 6 heteroatoms. The van der Waals surface area contributed by atoms with Crippen molar-refractivity contribution in [3.63, 3.8) is 0 Å². The Morgan fingerprint density at radius 2 is 1.81 bits per heavy atom. The van der Waals surface area contributed by atoms with E-state index in [4.69, 9.17) is 0 Å². The van der Waals surface area contributed by atoms with Crippen LogP contribution in [0.2, 0.25) is 0 Å². The molecule has 0 aliphatic carbocycles. The topological polar surface area (TPSA) is 49.3 Å². The molecular formula is C15H13F2NO2S. The van der Waals surface area contributed by atoms with Gasteiger partial charge in [0.25, 0.3) is 11.7 Å². The van der Waals surface area contributed by atoms with Gasteiger partial charge in [0.1, 0.15) is 0 Å². The van der Waals surface area contributed by atoms with E-state index in [2.05, 4.69) is 5.32 Å². The Hall–Kier alpha value is -1.92. The zero-order chi connectivity index (χ0) is 15.2. The molecule has 2 N–H and O–H groups in total. The SMILES string of the molecule is O=C(Nc1cccc(SC(F)F)c1)C(O)c1ccccc1. The minimum Gasteiger partial charge on any atom is -0.378 e. The molecule has 3 nitrogen and oxygen atoms in total. The predicted molar refractivity (Wildman–Crippen MR) is 78.3 cm³/mol. The Kier molecular flexibility index (Phi) is 5.30. The van der Waals surface area contributed by atoms with E-state index < -0.39 is 17.8 Å². The fourth-order valence-electron chi connectivity index (χ4n) is 1.75. The highest BCUT2D eigenvalue weighted by Crippen LogP contribution is 2.27. The van der Waals surface area contributed by atoms with Crippen molar-refractivity contribution in [3.8, 4) is 0 Å². The summed E-state index contributed by atoms with van der Waals surface area (Å²) < 4.78 is 24.6. The average Bonchev–Trinajstić information content (AvgIpc) is 2.47. The summed E-state index contributed by atoms with van der Waals surface area (Å²) in [6.07, 6.45) is -1.31. The van der Waals surface area contributed by atoms with Gasteiger partial charge in [-0.15, -0.1) is 0 Å². The third kappa shape index (κ3) is 4.54. The molecule has 0 spiro atoms. The highest BCUT2D eigenvalue weighted by molar-refractivity contribution is 7.99. The number of nitrogens with one attached hydrogen (secondary N) is 1. The molecule has 2 rings (SSSR count). The number of benzene rings is 2. The van der Waals surface area contributed by atoms with Crippen LogP contribution in [0, 0.1) is 0 Å². The standard InChI is InChI=1S/C15H13F2NO2S/c16-15(17)21-12-8-4-7-11(9-12)18-14(20)13(19)10-5-2-1-3-6-10/h1-9,13,15,19H,(H,18,20). The minimum absolute atomic E-state index is 0.344. The first-order valence-corrected chi connectivity index (χ1v) is 7.03. The number of carbonyl (C=O) groups is 1. The number of hydrogen-bond donors (Lipinski definition) is 2. The van der Waals surface area contributed by atoms with Crippen LogP contribution in [0.1, 0.15) is 11.7 Å². The third-order valence-corrected chi connectivity index (χ3v) is 3.39. The summed E-state index contributed by atoms with van der Waals surface area (Å²) in [7, 11) is 0. The van der Waals surface area contributed by atoms with Crippen molar-refractivity contribution in [2.75, 3.05) is 5.32 Å². The van der Waals surface area contributed by atoms with Gasteiger partial charge in [0.2, 0.25) is 0 Å². The van der Waals surface area contributed by atoms with E-state index in [-0.39, 0.29) is 0 Å². The summed E-state index contributed by atoms with van der Waals surface area (Å²) >= 11 is 0.397. The number of carbonyl (C=O) groups excluding carboxylic acids is 1. The Morgan fingerprint density at radius 3 is 2.48 bits per heavy atom. The van der Waals surface area contributed by atoms with Crippen LogP contribution in [0.25, 0.3) is 0 Å². The van der Waals surface area contributed by atoms with Crippen molar-refractivity contribution in [2.45, 2.75) is 16.8 Å². The number of amides is 1. The molecule has 0 aliphatic rings. The highest BCUT2D eigenvalue weighted by atomic mass is 32.2. The predicted octanol–water partition coefficient (Wildman–Crippen LogP) is 3.67. The number of hydrogen-bond acceptors (Lipinski definition) is 3. The second-order valence-corrected chi connectivity index (χ2v) is 5.27. The number of halogens is 2. The van der Waals surface area contributed by atoms with Gasteiger partial charge in [-0.3, -0.25) is 4.79 Å². The lowest BCUT2D eigenvalue weighted by molar-refractivity contribution is -0.124. The maximum Gasteiger partial charge on any atom is 0.288 e. The monoisotopic (exact) mass is 309 g/mol. The van der Waals surface area contributed by atoms with Crippen molar-refractivity contribution < 1.29 is 18.7 Å². The van der Waals surface area contributed by atoms with E-state index in [1.165, 1.54) is 12.1 Å². The molecule has 0 heterocycles. The van der Waals surface area contributed by atoms with Crippen LogP contribution < -0.4 is 5.32 Å². The van der Waals surface area contributed by atoms with Gasteiger partial charge in [-0.2, -0.15) is 8.78 Å². The van der Waals surface area contributed by atoms with Crippen LogP contribution >= 0.6 is 11.8 Å². The first kappa shape index (κ1) is 15.5. The Labute approximate surface area is 125 Å². The molecule has 1 amide bonds. The molecule has 1 atom stereocenters. The molecule has 2 aromatic rings. The molecule has 0 radical (unpaired) electrons. The summed E-state index contributed by atoms with van der Waals surface area (Å²) in [5.41, 5.74) is 0.828. The van der Waals surface area contributed by atoms with Crippen molar-refractivity contribution in [3.05, 3.63) is 60.2 Å². The smallest absolute Gasteiger partial charge is 0.288 e. The van der Waals surface area contributed by atoms with E-state index in [1.54, 1.807) is 42.5 Å². The van der Waals surface area contributed by atoms with Crippen LogP contribution in [0.15, 0.2) is 59.5 Å². The second-order valence-electron chi connectivity index (χ2n) is 4.21. The molecule has 21 heavy (non-hydrogen) atoms. The molecule has 0 saturated heterocycles. The number of aliphatic hydroxyl groups is 1. The van der Waals surface area contributed by atoms with Gasteiger partial charge >= 0.3 is 0 Å². The summed E-state index contributed by atoms with van der Waals surface area (Å²) in [5.74, 6) is -3.13. The van der Waals surface area contributed by atoms with Crippen LogP contribution in [-0.2, 0) is 4.79 Å². The lowest BCUT2D eigenvalue weighted by Crippen LogP contribution is -2.20. The molecule has 1 unspecified atom stereocenters. The quantitative estimate of drug-likeness (QED) is 0.829. The summed E-state index contributed by atoms with van der Waals surface area (Å²) in [6.45, 7) is 0. The first-order chi connectivity index (χ1) is 10.1. The molecule has 0 bridgehead atoms. The Balaban J connectivity index is 2.06. The van der Waals surface area contributed by atoms with Gasteiger partial charge in [-0.25, -0.2) is 0 Å². The zero-order valence-corrected chi connectivity index (χ0v) is 11.7. The van der Waals surface area contributed by atoms with Gasteiger partial charge < -0.3 is 10.4 Å². The maximum absolute atomic E-state index is 12.3. The summed E-state index contributed by atoms with van der Waals surface area (Å²) in [6, 6.07) is 14.6. The van der Waals surface area contributed by atoms with Crippen molar-refractivity contribution in [1.82, 2.24) is 0 Å². The summed E-state index contributed by atoms with van der Waals surface area (Å²) in [5, 5.41) is 12.4. The number of thioether (sulfide) groups is 1. The fourth-order valence-corrected chi connectivity index (χ4v) is 2.31. The van der Waals surface area contributed by atoms with Crippen molar-refractivity contribution in [1.29, 1.82) is 0 Å². The van der Waals surface area contributed by atoms with Crippen LogP contribution in [0.3, 0.4) is 0 Å². The van der Waals surface area contributed by atoms with Crippen molar-refractivity contribution in [2.24, 2.45) is 0 Å². The van der Waals surface area contributed by atoms with Gasteiger partial charge in [-0.05, 0) is 23.8 Å². The van der Waals surface area contributed by atoms with E-state index in [0.717, 1.165) is 0 Å². The Bertz CT molecular complexity index is 608.